The second kappa shape index (κ2) is 3.55. The maximum atomic E-state index is 11.5. The van der Waals surface area contributed by atoms with Gasteiger partial charge >= 0.3 is 5.97 Å². The molecule has 3 unspecified atom stereocenters. The average Bonchev–Trinajstić information content (AvgIpc) is 3.01. The number of hydrogen-bond acceptors (Lipinski definition) is 5. The fourth-order valence-corrected chi connectivity index (χ4v) is 2.67. The Balaban J connectivity index is 1.89. The second-order valence-electron chi connectivity index (χ2n) is 4.27. The first-order valence-electron chi connectivity index (χ1n) is 5.44. The van der Waals surface area contributed by atoms with E-state index in [1.165, 1.54) is 7.11 Å². The molecule has 0 aliphatic carbocycles. The predicted octanol–water partition coefficient (Wildman–Crippen LogP) is 0.626. The van der Waals surface area contributed by atoms with E-state index in [1.807, 2.05) is 0 Å². The van der Waals surface area contributed by atoms with Crippen molar-refractivity contribution in [2.24, 2.45) is 0 Å². The van der Waals surface area contributed by atoms with Crippen molar-refractivity contribution in [2.75, 3.05) is 7.11 Å². The Hall–Kier alpha value is -1.43. The van der Waals surface area contributed by atoms with Gasteiger partial charge in [-0.15, -0.1) is 5.10 Å². The van der Waals surface area contributed by atoms with Gasteiger partial charge in [-0.05, 0) is 19.3 Å². The third-order valence-electron chi connectivity index (χ3n) is 3.41. The van der Waals surface area contributed by atoms with E-state index in [0.29, 0.717) is 17.5 Å². The minimum absolute atomic E-state index is 0.187. The number of hydrogen-bond donors (Lipinski definition) is 1. The van der Waals surface area contributed by atoms with Crippen LogP contribution in [0.3, 0.4) is 0 Å². The topological polar surface area (TPSA) is 77.1 Å². The van der Waals surface area contributed by atoms with Crippen molar-refractivity contribution in [3.8, 4) is 0 Å². The van der Waals surface area contributed by atoms with Crippen molar-refractivity contribution in [3.63, 3.8) is 0 Å². The highest BCUT2D eigenvalue weighted by Gasteiger charge is 2.44. The normalized spacial score (nSPS) is 31.9. The number of rotatable bonds is 2. The van der Waals surface area contributed by atoms with Gasteiger partial charge in [-0.25, -0.2) is 4.79 Å². The predicted molar refractivity (Wildman–Crippen MR) is 53.0 cm³/mol. The molecule has 2 fully saturated rings. The summed E-state index contributed by atoms with van der Waals surface area (Å²) < 4.78 is 10.4. The average molecular weight is 223 g/mol. The smallest absolute Gasteiger partial charge is 0.360 e. The molecule has 0 radical (unpaired) electrons. The Kier molecular flexibility index (Phi) is 2.17. The Bertz CT molecular complexity index is 417. The van der Waals surface area contributed by atoms with E-state index in [1.54, 1.807) is 0 Å². The van der Waals surface area contributed by atoms with Gasteiger partial charge in [-0.1, -0.05) is 0 Å². The number of aromatic nitrogens is 3. The lowest BCUT2D eigenvalue weighted by atomic mass is 9.86. The van der Waals surface area contributed by atoms with Gasteiger partial charge in [0.05, 0.1) is 19.3 Å². The largest absolute Gasteiger partial charge is 0.464 e. The van der Waals surface area contributed by atoms with Crippen LogP contribution in [-0.4, -0.2) is 40.7 Å². The summed E-state index contributed by atoms with van der Waals surface area (Å²) in [5, 5.41) is 10.4. The number of methoxy groups -OCH3 is 1. The van der Waals surface area contributed by atoms with Crippen LogP contribution in [0.4, 0.5) is 0 Å². The van der Waals surface area contributed by atoms with E-state index in [4.69, 9.17) is 4.74 Å². The number of carbonyl (C=O) groups excluding carboxylic acids is 1. The summed E-state index contributed by atoms with van der Waals surface area (Å²) in [5.74, 6) is -0.252. The lowest BCUT2D eigenvalue weighted by molar-refractivity contribution is 0.0591. The molecule has 0 saturated carbocycles. The molecule has 1 N–H and O–H groups in total. The molecule has 86 valence electrons. The molecule has 6 nitrogen and oxygen atoms in total. The van der Waals surface area contributed by atoms with Crippen LogP contribution < -0.4 is 0 Å². The van der Waals surface area contributed by atoms with Crippen LogP contribution in [0.15, 0.2) is 0 Å². The second-order valence-corrected chi connectivity index (χ2v) is 4.27. The van der Waals surface area contributed by atoms with Crippen molar-refractivity contribution in [1.82, 2.24) is 15.4 Å². The van der Waals surface area contributed by atoms with Gasteiger partial charge in [0.2, 0.25) is 0 Å². The summed E-state index contributed by atoms with van der Waals surface area (Å²) in [4.78, 5) is 11.5. The zero-order valence-corrected chi connectivity index (χ0v) is 8.97. The maximum Gasteiger partial charge on any atom is 0.360 e. The van der Waals surface area contributed by atoms with Crippen molar-refractivity contribution < 1.29 is 14.3 Å². The monoisotopic (exact) mass is 223 g/mol. The third kappa shape index (κ3) is 1.33. The Labute approximate surface area is 92.3 Å². The van der Waals surface area contributed by atoms with E-state index in [9.17, 15) is 4.79 Å². The number of nitrogens with zero attached hydrogens (tertiary/aromatic N) is 2. The van der Waals surface area contributed by atoms with Crippen molar-refractivity contribution in [1.29, 1.82) is 0 Å². The van der Waals surface area contributed by atoms with Gasteiger partial charge in [-0.3, -0.25) is 0 Å². The fraction of sp³-hybridized carbons (Fsp3) is 0.700. The van der Waals surface area contributed by atoms with Crippen LogP contribution in [0.1, 0.15) is 41.4 Å². The number of esters is 1. The molecule has 3 heterocycles. The van der Waals surface area contributed by atoms with E-state index in [2.05, 4.69) is 20.1 Å². The minimum atomic E-state index is -0.438. The summed E-state index contributed by atoms with van der Waals surface area (Å²) >= 11 is 0. The van der Waals surface area contributed by atoms with Gasteiger partial charge in [0.25, 0.3) is 0 Å². The van der Waals surface area contributed by atoms with Gasteiger partial charge in [-0.2, -0.15) is 10.3 Å². The van der Waals surface area contributed by atoms with E-state index >= 15 is 0 Å². The lowest BCUT2D eigenvalue weighted by Crippen LogP contribution is -2.18. The molecule has 0 aromatic carbocycles. The van der Waals surface area contributed by atoms with Crippen LogP contribution in [0.2, 0.25) is 0 Å². The molecular weight excluding hydrogens is 210 g/mol. The van der Waals surface area contributed by atoms with Crippen LogP contribution >= 0.6 is 0 Å². The Morgan fingerprint density at radius 3 is 3.00 bits per heavy atom. The third-order valence-corrected chi connectivity index (χ3v) is 3.41. The molecular formula is C10H13N3O3. The first kappa shape index (κ1) is 9.77. The Morgan fingerprint density at radius 2 is 2.38 bits per heavy atom. The van der Waals surface area contributed by atoms with Gasteiger partial charge in [0, 0.05) is 5.92 Å². The number of carbonyl (C=O) groups is 1. The van der Waals surface area contributed by atoms with E-state index < -0.39 is 5.97 Å². The van der Waals surface area contributed by atoms with Crippen LogP contribution in [0.25, 0.3) is 0 Å². The van der Waals surface area contributed by atoms with Crippen molar-refractivity contribution in [2.45, 2.75) is 37.4 Å². The zero-order chi connectivity index (χ0) is 11.1. The number of fused-ring (bicyclic) bond motifs is 2. The molecule has 2 aliphatic rings. The van der Waals surface area contributed by atoms with E-state index in [0.717, 1.165) is 19.3 Å². The summed E-state index contributed by atoms with van der Waals surface area (Å²) in [7, 11) is 1.35. The first-order valence-corrected chi connectivity index (χ1v) is 5.44. The molecule has 0 spiro atoms. The molecule has 3 rings (SSSR count). The molecule has 0 amide bonds. The summed E-state index contributed by atoms with van der Waals surface area (Å²) in [6, 6.07) is 0. The SMILES string of the molecule is COC(=O)c1n[nH]nc1C1CC2CCC1O2. The molecule has 2 aliphatic heterocycles. The molecule has 2 bridgehead atoms. The highest BCUT2D eigenvalue weighted by atomic mass is 16.5. The van der Waals surface area contributed by atoms with Crippen molar-refractivity contribution >= 4 is 5.97 Å². The minimum Gasteiger partial charge on any atom is -0.464 e. The fourth-order valence-electron chi connectivity index (χ4n) is 2.67. The van der Waals surface area contributed by atoms with Gasteiger partial charge in [0.1, 0.15) is 5.69 Å². The molecule has 16 heavy (non-hydrogen) atoms. The van der Waals surface area contributed by atoms with Crippen LogP contribution in [0, 0.1) is 0 Å². The summed E-state index contributed by atoms with van der Waals surface area (Å²) in [5.41, 5.74) is 0.989. The molecule has 2 saturated heterocycles. The standard InChI is InChI=1S/C10H13N3O3/c1-15-10(14)9-8(11-13-12-9)6-4-5-2-3-7(6)16-5/h5-7H,2-4H2,1H3,(H,11,12,13). The zero-order valence-electron chi connectivity index (χ0n) is 8.97. The lowest BCUT2D eigenvalue weighted by Gasteiger charge is -2.16. The van der Waals surface area contributed by atoms with Gasteiger partial charge in [0.15, 0.2) is 5.69 Å². The van der Waals surface area contributed by atoms with Gasteiger partial charge < -0.3 is 9.47 Å². The molecule has 1 aromatic rings. The van der Waals surface area contributed by atoms with Crippen LogP contribution in [-0.2, 0) is 9.47 Å². The highest BCUT2D eigenvalue weighted by Crippen LogP contribution is 2.44. The molecule has 6 heteroatoms. The summed E-state index contributed by atoms with van der Waals surface area (Å²) in [6.07, 6.45) is 3.62. The molecule has 1 aromatic heterocycles. The first-order chi connectivity index (χ1) is 7.79. The van der Waals surface area contributed by atoms with Crippen molar-refractivity contribution in [3.05, 3.63) is 11.4 Å². The number of aromatic amines is 1. The Morgan fingerprint density at radius 1 is 1.50 bits per heavy atom. The van der Waals surface area contributed by atoms with E-state index in [-0.39, 0.29) is 12.0 Å². The summed E-state index contributed by atoms with van der Waals surface area (Å²) in [6.45, 7) is 0. The number of ether oxygens (including phenoxy) is 2. The van der Waals surface area contributed by atoms with Crippen LogP contribution in [0.5, 0.6) is 0 Å². The number of H-pyrrole nitrogens is 1. The maximum absolute atomic E-state index is 11.5. The quantitative estimate of drug-likeness (QED) is 0.744. The number of nitrogens with one attached hydrogen (secondary N) is 1. The molecule has 3 atom stereocenters. The highest BCUT2D eigenvalue weighted by molar-refractivity contribution is 5.88.